The van der Waals surface area contributed by atoms with E-state index < -0.39 is 0 Å². The third kappa shape index (κ3) is 7.73. The Morgan fingerprint density at radius 1 is 1.27 bits per heavy atom. The van der Waals surface area contributed by atoms with E-state index >= 15 is 0 Å². The number of unbranched alkanes of at least 4 members (excludes halogenated alkanes) is 1. The maximum Gasteiger partial charge on any atom is 0.330 e. The number of rotatable bonds is 6. The zero-order valence-electron chi connectivity index (χ0n) is 9.66. The van der Waals surface area contributed by atoms with Crippen LogP contribution >= 0.6 is 0 Å². The normalized spacial score (nSPS) is 10.3. The number of hydrogen-bond donors (Lipinski definition) is 0. The molecule has 0 radical (unpaired) electrons. The lowest BCUT2D eigenvalue weighted by molar-refractivity contribution is -0.137. The van der Waals surface area contributed by atoms with E-state index in [0.717, 1.165) is 12.8 Å². The molecular weight excluding hydrogens is 194 g/mol. The third-order valence-electron chi connectivity index (χ3n) is 1.83. The molecule has 1 amide bonds. The van der Waals surface area contributed by atoms with Crippen molar-refractivity contribution in [3.05, 3.63) is 12.2 Å². The number of allylic oxidation sites excluding steroid dienone is 1. The summed E-state index contributed by atoms with van der Waals surface area (Å²) in [6.45, 7) is 2.14. The molecule has 0 aliphatic rings. The maximum atomic E-state index is 11.1. The summed E-state index contributed by atoms with van der Waals surface area (Å²) in [5.74, 6) is -0.216. The van der Waals surface area contributed by atoms with E-state index in [1.807, 2.05) is 0 Å². The molecule has 0 bridgehead atoms. The Hall–Kier alpha value is -1.32. The van der Waals surface area contributed by atoms with Gasteiger partial charge < -0.3 is 9.64 Å². The van der Waals surface area contributed by atoms with Gasteiger partial charge in [-0.1, -0.05) is 6.08 Å². The van der Waals surface area contributed by atoms with Crippen molar-refractivity contribution < 1.29 is 14.3 Å². The summed E-state index contributed by atoms with van der Waals surface area (Å²) in [5.41, 5.74) is 0. The SMILES string of the molecule is CC=CC(=O)OCCCCC(=O)N(C)C. The van der Waals surface area contributed by atoms with Crippen LogP contribution in [0, 0.1) is 0 Å². The van der Waals surface area contributed by atoms with Crippen molar-refractivity contribution in [3.63, 3.8) is 0 Å². The van der Waals surface area contributed by atoms with E-state index in [9.17, 15) is 9.59 Å². The predicted octanol–water partition coefficient (Wildman–Crippen LogP) is 1.36. The van der Waals surface area contributed by atoms with Crippen molar-refractivity contribution in [1.29, 1.82) is 0 Å². The Kier molecular flexibility index (Phi) is 7.32. The fourth-order valence-corrected chi connectivity index (χ4v) is 0.959. The Labute approximate surface area is 90.9 Å². The van der Waals surface area contributed by atoms with Gasteiger partial charge in [0.05, 0.1) is 6.61 Å². The van der Waals surface area contributed by atoms with Gasteiger partial charge in [-0.05, 0) is 19.8 Å². The van der Waals surface area contributed by atoms with Crippen LogP contribution in [0.4, 0.5) is 0 Å². The van der Waals surface area contributed by atoms with Crippen molar-refractivity contribution in [2.75, 3.05) is 20.7 Å². The minimum absolute atomic E-state index is 0.106. The summed E-state index contributed by atoms with van der Waals surface area (Å²) in [6.07, 6.45) is 5.00. The Morgan fingerprint density at radius 2 is 1.93 bits per heavy atom. The molecule has 0 unspecified atom stereocenters. The third-order valence-corrected chi connectivity index (χ3v) is 1.83. The molecule has 0 saturated heterocycles. The number of carbonyl (C=O) groups is 2. The highest BCUT2D eigenvalue weighted by atomic mass is 16.5. The quantitative estimate of drug-likeness (QED) is 0.380. The highest BCUT2D eigenvalue weighted by Gasteiger charge is 2.03. The zero-order valence-corrected chi connectivity index (χ0v) is 9.66. The first-order valence-electron chi connectivity index (χ1n) is 5.07. The summed E-state index contributed by atoms with van der Waals surface area (Å²) in [5, 5.41) is 0. The number of ether oxygens (including phenoxy) is 1. The molecule has 0 rings (SSSR count). The van der Waals surface area contributed by atoms with Crippen LogP contribution in [0.5, 0.6) is 0 Å². The molecule has 4 heteroatoms. The molecule has 86 valence electrons. The van der Waals surface area contributed by atoms with Gasteiger partial charge in [0.2, 0.25) is 5.91 Å². The molecule has 0 spiro atoms. The van der Waals surface area contributed by atoms with Crippen molar-refractivity contribution >= 4 is 11.9 Å². The molecule has 0 aromatic carbocycles. The maximum absolute atomic E-state index is 11.1. The highest BCUT2D eigenvalue weighted by Crippen LogP contribution is 1.99. The lowest BCUT2D eigenvalue weighted by Gasteiger charge is -2.09. The molecule has 0 aromatic rings. The van der Waals surface area contributed by atoms with Crippen LogP contribution in [0.15, 0.2) is 12.2 Å². The van der Waals surface area contributed by atoms with E-state index in [2.05, 4.69) is 0 Å². The van der Waals surface area contributed by atoms with Crippen LogP contribution in [0.1, 0.15) is 26.2 Å². The number of hydrogen-bond acceptors (Lipinski definition) is 3. The van der Waals surface area contributed by atoms with Gasteiger partial charge in [0, 0.05) is 26.6 Å². The molecule has 0 aromatic heterocycles. The molecule has 0 heterocycles. The first kappa shape index (κ1) is 13.7. The number of carbonyl (C=O) groups excluding carboxylic acids is 2. The minimum Gasteiger partial charge on any atom is -0.463 e. The summed E-state index contributed by atoms with van der Waals surface area (Å²) < 4.78 is 4.87. The van der Waals surface area contributed by atoms with Crippen LogP contribution in [0.2, 0.25) is 0 Å². The van der Waals surface area contributed by atoms with Gasteiger partial charge in [-0.15, -0.1) is 0 Å². The van der Waals surface area contributed by atoms with Crippen LogP contribution in [-0.2, 0) is 14.3 Å². The van der Waals surface area contributed by atoms with Crippen molar-refractivity contribution in [2.24, 2.45) is 0 Å². The Bertz CT molecular complexity index is 234. The molecule has 0 aliphatic heterocycles. The number of esters is 1. The number of nitrogens with zero attached hydrogens (tertiary/aromatic N) is 1. The minimum atomic E-state index is -0.323. The van der Waals surface area contributed by atoms with Crippen LogP contribution in [0.25, 0.3) is 0 Å². The van der Waals surface area contributed by atoms with E-state index in [0.29, 0.717) is 13.0 Å². The fraction of sp³-hybridized carbons (Fsp3) is 0.636. The van der Waals surface area contributed by atoms with Crippen LogP contribution < -0.4 is 0 Å². The van der Waals surface area contributed by atoms with Crippen LogP contribution in [0.3, 0.4) is 0 Å². The largest absolute Gasteiger partial charge is 0.463 e. The first-order valence-corrected chi connectivity index (χ1v) is 5.07. The highest BCUT2D eigenvalue weighted by molar-refractivity contribution is 5.81. The molecule has 0 saturated carbocycles. The van der Waals surface area contributed by atoms with E-state index in [1.165, 1.54) is 6.08 Å². The topological polar surface area (TPSA) is 46.6 Å². The van der Waals surface area contributed by atoms with Gasteiger partial charge in [-0.25, -0.2) is 4.79 Å². The molecule has 0 atom stereocenters. The van der Waals surface area contributed by atoms with Gasteiger partial charge in [-0.3, -0.25) is 4.79 Å². The second-order valence-electron chi connectivity index (χ2n) is 3.41. The monoisotopic (exact) mass is 213 g/mol. The average molecular weight is 213 g/mol. The second kappa shape index (κ2) is 8.03. The average Bonchev–Trinajstić information content (AvgIpc) is 2.17. The molecule has 4 nitrogen and oxygen atoms in total. The predicted molar refractivity (Wildman–Crippen MR) is 58.3 cm³/mol. The zero-order chi connectivity index (χ0) is 11.7. The van der Waals surface area contributed by atoms with Gasteiger partial charge >= 0.3 is 5.97 Å². The fourth-order valence-electron chi connectivity index (χ4n) is 0.959. The Balaban J connectivity index is 3.40. The molecule has 0 fully saturated rings. The van der Waals surface area contributed by atoms with Crippen molar-refractivity contribution in [3.8, 4) is 0 Å². The van der Waals surface area contributed by atoms with Gasteiger partial charge in [-0.2, -0.15) is 0 Å². The lowest BCUT2D eigenvalue weighted by atomic mass is 10.2. The van der Waals surface area contributed by atoms with Gasteiger partial charge in [0.1, 0.15) is 0 Å². The Morgan fingerprint density at radius 3 is 2.47 bits per heavy atom. The lowest BCUT2D eigenvalue weighted by Crippen LogP contribution is -2.21. The number of amides is 1. The van der Waals surface area contributed by atoms with Crippen molar-refractivity contribution in [2.45, 2.75) is 26.2 Å². The summed E-state index contributed by atoms with van der Waals surface area (Å²) in [7, 11) is 3.46. The van der Waals surface area contributed by atoms with Gasteiger partial charge in [0.25, 0.3) is 0 Å². The molecule has 15 heavy (non-hydrogen) atoms. The molecule has 0 N–H and O–H groups in total. The van der Waals surface area contributed by atoms with E-state index in [-0.39, 0.29) is 11.9 Å². The van der Waals surface area contributed by atoms with Crippen LogP contribution in [-0.4, -0.2) is 37.5 Å². The standard InChI is InChI=1S/C11H19NO3/c1-4-7-11(14)15-9-6-5-8-10(13)12(2)3/h4,7H,5-6,8-9H2,1-3H3. The second-order valence-corrected chi connectivity index (χ2v) is 3.41. The van der Waals surface area contributed by atoms with Crippen molar-refractivity contribution in [1.82, 2.24) is 4.90 Å². The summed E-state index contributed by atoms with van der Waals surface area (Å²) in [4.78, 5) is 23.6. The first-order chi connectivity index (χ1) is 7.07. The van der Waals surface area contributed by atoms with E-state index in [4.69, 9.17) is 4.74 Å². The summed E-state index contributed by atoms with van der Waals surface area (Å²) in [6, 6.07) is 0. The summed E-state index contributed by atoms with van der Waals surface area (Å²) >= 11 is 0. The molecule has 0 aliphatic carbocycles. The smallest absolute Gasteiger partial charge is 0.330 e. The molecular formula is C11H19NO3. The van der Waals surface area contributed by atoms with E-state index in [1.54, 1.807) is 32.0 Å². The van der Waals surface area contributed by atoms with Gasteiger partial charge in [0.15, 0.2) is 0 Å².